The summed E-state index contributed by atoms with van der Waals surface area (Å²) in [7, 11) is 0. The summed E-state index contributed by atoms with van der Waals surface area (Å²) >= 11 is 20.0. The van der Waals surface area contributed by atoms with E-state index in [1.54, 1.807) is 5.57 Å². The van der Waals surface area contributed by atoms with Crippen LogP contribution in [0.25, 0.3) is 0 Å². The lowest BCUT2D eigenvalue weighted by molar-refractivity contribution is 0.998. The van der Waals surface area contributed by atoms with Gasteiger partial charge in [-0.3, -0.25) is 0 Å². The van der Waals surface area contributed by atoms with Gasteiger partial charge in [0, 0.05) is 4.47 Å². The molecule has 0 atom stereocenters. The summed E-state index contributed by atoms with van der Waals surface area (Å²) in [6.07, 6.45) is 3.96. The van der Waals surface area contributed by atoms with E-state index in [4.69, 9.17) is 0 Å². The Morgan fingerprint density at radius 1 is 0.537 bits per heavy atom. The van der Waals surface area contributed by atoms with Crippen molar-refractivity contribution in [1.82, 2.24) is 0 Å². The van der Waals surface area contributed by atoms with Gasteiger partial charge in [-0.2, -0.15) is 0 Å². The van der Waals surface area contributed by atoms with Gasteiger partial charge in [0.15, 0.2) is 0 Å². The molecule has 2 aliphatic heterocycles. The summed E-state index contributed by atoms with van der Waals surface area (Å²) in [6.45, 7) is 9.05. The largest absolute Gasteiger partial charge is 0.118 e. The molecule has 0 saturated carbocycles. The van der Waals surface area contributed by atoms with Crippen molar-refractivity contribution in [3.8, 4) is 0 Å². The molecular formula is C32H35BrS8. The molecule has 2 heterocycles. The van der Waals surface area contributed by atoms with Crippen molar-refractivity contribution in [3.05, 3.63) is 106 Å². The Kier molecular flexibility index (Phi) is 13.1. The zero-order valence-corrected chi connectivity index (χ0v) is 32.0. The Labute approximate surface area is 289 Å². The lowest BCUT2D eigenvalue weighted by atomic mass is 9.93. The zero-order chi connectivity index (χ0) is 28.8. The lowest BCUT2D eigenvalue weighted by Crippen LogP contribution is -2.03. The molecule has 0 fully saturated rings. The van der Waals surface area contributed by atoms with E-state index in [-0.39, 0.29) is 0 Å². The van der Waals surface area contributed by atoms with E-state index in [9.17, 15) is 0 Å². The lowest BCUT2D eigenvalue weighted by Gasteiger charge is -2.17. The molecule has 8 rings (SSSR count). The van der Waals surface area contributed by atoms with Crippen LogP contribution in [-0.2, 0) is 25.7 Å². The van der Waals surface area contributed by atoms with Gasteiger partial charge < -0.3 is 0 Å². The van der Waals surface area contributed by atoms with E-state index in [0.29, 0.717) is 0 Å². The Balaban J connectivity index is 1.49. The fraction of sp³-hybridized carbons (Fsp3) is 0.375. The number of halogens is 1. The van der Waals surface area contributed by atoms with Gasteiger partial charge in [0.25, 0.3) is 0 Å². The van der Waals surface area contributed by atoms with Crippen molar-refractivity contribution in [2.45, 2.75) is 53.4 Å². The molecule has 9 heteroatoms. The van der Waals surface area contributed by atoms with E-state index >= 15 is 0 Å². The molecule has 6 aliphatic rings. The first-order valence-electron chi connectivity index (χ1n) is 14.0. The van der Waals surface area contributed by atoms with Crippen molar-refractivity contribution >= 4 is 110 Å². The average Bonchev–Trinajstić information content (AvgIpc) is 3.55. The van der Waals surface area contributed by atoms with Crippen LogP contribution in [0.5, 0.6) is 0 Å². The van der Waals surface area contributed by atoms with Crippen LogP contribution >= 0.6 is 110 Å². The second-order valence-corrected chi connectivity index (χ2v) is 21.1. The molecule has 0 N–H and O–H groups in total. The predicted molar refractivity (Wildman–Crippen MR) is 206 cm³/mol. The maximum atomic E-state index is 4.00. The third-order valence-corrected chi connectivity index (χ3v) is 18.2. The molecule has 0 amide bonds. The smallest absolute Gasteiger partial charge is 0.0659 e. The van der Waals surface area contributed by atoms with Crippen LogP contribution in [0.2, 0.25) is 0 Å². The van der Waals surface area contributed by atoms with Gasteiger partial charge >= 0.3 is 0 Å². The minimum atomic E-state index is 0.977. The molecule has 2 aromatic carbocycles. The molecule has 4 bridgehead atoms. The highest BCUT2D eigenvalue weighted by molar-refractivity contribution is 9.10. The van der Waals surface area contributed by atoms with E-state index in [2.05, 4.69) is 86.1 Å². The Hall–Kier alpha value is 0.680. The molecule has 218 valence electrons. The summed E-state index contributed by atoms with van der Waals surface area (Å²) in [5.41, 5.74) is 8.68. The van der Waals surface area contributed by atoms with Crippen LogP contribution in [0, 0.1) is 0 Å². The van der Waals surface area contributed by atoms with Crippen LogP contribution in [0.3, 0.4) is 0 Å². The summed E-state index contributed by atoms with van der Waals surface area (Å²) in [6, 6.07) is 16.7. The fourth-order valence-electron chi connectivity index (χ4n) is 4.71. The van der Waals surface area contributed by atoms with Crippen molar-refractivity contribution in [2.24, 2.45) is 0 Å². The quantitative estimate of drug-likeness (QED) is 0.258. The van der Waals surface area contributed by atoms with Crippen LogP contribution < -0.4 is 0 Å². The van der Waals surface area contributed by atoms with Crippen molar-refractivity contribution < 1.29 is 0 Å². The highest BCUT2D eigenvalue weighted by Gasteiger charge is 2.27. The highest BCUT2D eigenvalue weighted by atomic mass is 79.9. The SMILES string of the molecule is CCSC1=C(SCC)SC(=C2Cc3ccc(cc3)CC(=C3SC(SCC)=C(SCC)S3)Cc3ccc(cc3Br)C2)S1. The molecular weight excluding hydrogens is 721 g/mol. The first-order valence-corrected chi connectivity index (χ1v) is 22.0. The summed E-state index contributed by atoms with van der Waals surface area (Å²) in [5, 5.41) is 0. The van der Waals surface area contributed by atoms with Crippen molar-refractivity contribution in [3.63, 3.8) is 0 Å². The molecule has 4 aliphatic carbocycles. The van der Waals surface area contributed by atoms with Gasteiger partial charge in [0.1, 0.15) is 0 Å². The van der Waals surface area contributed by atoms with E-state index < -0.39 is 0 Å². The van der Waals surface area contributed by atoms with Crippen LogP contribution in [0.4, 0.5) is 0 Å². The van der Waals surface area contributed by atoms with E-state index in [1.165, 1.54) is 57.7 Å². The minimum absolute atomic E-state index is 0.977. The molecule has 0 spiro atoms. The summed E-state index contributed by atoms with van der Waals surface area (Å²) in [5.74, 6) is 4.49. The Bertz CT molecular complexity index is 1350. The third-order valence-electron chi connectivity index (χ3n) is 6.55. The summed E-state index contributed by atoms with van der Waals surface area (Å²) < 4.78 is 10.2. The average molecular weight is 756 g/mol. The van der Waals surface area contributed by atoms with Gasteiger partial charge in [-0.05, 0) is 88.2 Å². The number of hydrogen-bond acceptors (Lipinski definition) is 8. The number of thioether (sulfide) groups is 8. The molecule has 41 heavy (non-hydrogen) atoms. The Morgan fingerprint density at radius 2 is 0.902 bits per heavy atom. The van der Waals surface area contributed by atoms with Crippen LogP contribution in [-0.4, -0.2) is 23.0 Å². The zero-order valence-electron chi connectivity index (χ0n) is 23.8. The monoisotopic (exact) mass is 754 g/mol. The third kappa shape index (κ3) is 8.69. The molecule has 2 aromatic rings. The normalized spacial score (nSPS) is 18.0. The van der Waals surface area contributed by atoms with Gasteiger partial charge in [-0.15, -0.1) is 47.0 Å². The molecule has 0 aromatic heterocycles. The number of hydrogen-bond donors (Lipinski definition) is 0. The van der Waals surface area contributed by atoms with Crippen LogP contribution in [0.15, 0.2) is 83.5 Å². The summed E-state index contributed by atoms with van der Waals surface area (Å²) in [4.78, 5) is 0. The van der Waals surface area contributed by atoms with E-state index in [0.717, 1.165) is 48.7 Å². The van der Waals surface area contributed by atoms with Gasteiger partial charge in [0.05, 0.1) is 25.4 Å². The second-order valence-electron chi connectivity index (χ2n) is 9.52. The van der Waals surface area contributed by atoms with E-state index in [1.807, 2.05) is 94.1 Å². The van der Waals surface area contributed by atoms with Gasteiger partial charge in [-0.25, -0.2) is 0 Å². The maximum Gasteiger partial charge on any atom is 0.0659 e. The first-order chi connectivity index (χ1) is 20.0. The molecule has 0 nitrogen and oxygen atoms in total. The van der Waals surface area contributed by atoms with Gasteiger partial charge in [0.2, 0.25) is 0 Å². The van der Waals surface area contributed by atoms with Crippen molar-refractivity contribution in [1.29, 1.82) is 0 Å². The minimum Gasteiger partial charge on any atom is -0.118 e. The number of rotatable bonds is 8. The number of benzene rings is 2. The standard InChI is InChI=1S/C32H35BrS8/c1-5-34-29-30(35-6-2)39-27(38-29)24-15-20-9-11-21(12-10-20)16-25(19-23-14-13-22(17-24)18-26(23)33)28-40-31(36-7-3)32(41-28)37-8-4/h9-14,18H,5-8,15-17,19H2,1-4H3. The fourth-order valence-corrected chi connectivity index (χ4v) is 16.7. The molecule has 0 radical (unpaired) electrons. The second kappa shape index (κ2) is 16.3. The maximum absolute atomic E-state index is 4.00. The molecule has 0 unspecified atom stereocenters. The van der Waals surface area contributed by atoms with Crippen LogP contribution in [0.1, 0.15) is 49.9 Å². The highest BCUT2D eigenvalue weighted by Crippen LogP contribution is 2.59. The predicted octanol–water partition coefficient (Wildman–Crippen LogP) is 13.0. The molecule has 0 saturated heterocycles. The topological polar surface area (TPSA) is 0 Å². The number of allylic oxidation sites excluding steroid dienone is 2. The van der Waals surface area contributed by atoms with Crippen molar-refractivity contribution in [2.75, 3.05) is 23.0 Å². The first kappa shape index (κ1) is 33.1. The van der Waals surface area contributed by atoms with Gasteiger partial charge in [-0.1, -0.05) is 127 Å². The Morgan fingerprint density at radius 3 is 1.29 bits per heavy atom.